The number of hydrogen-bond acceptors (Lipinski definition) is 3. The van der Waals surface area contributed by atoms with E-state index in [9.17, 15) is 4.79 Å². The topological polar surface area (TPSA) is 38.3 Å². The largest absolute Gasteiger partial charge is 0.466 e. The minimum Gasteiger partial charge on any atom is -0.466 e. The van der Waals surface area contributed by atoms with Crippen molar-refractivity contribution in [3.8, 4) is 0 Å². The van der Waals surface area contributed by atoms with Gasteiger partial charge in [0.25, 0.3) is 0 Å². The van der Waals surface area contributed by atoms with Gasteiger partial charge in [0.2, 0.25) is 0 Å². The predicted octanol–water partition coefficient (Wildman–Crippen LogP) is 2.28. The number of rotatable bonds is 6. The summed E-state index contributed by atoms with van der Waals surface area (Å²) in [6.45, 7) is 2.83. The number of carbonyl (C=O) groups is 1. The van der Waals surface area contributed by atoms with Crippen molar-refractivity contribution in [1.29, 1.82) is 0 Å². The normalized spacial score (nSPS) is 12.2. The van der Waals surface area contributed by atoms with Gasteiger partial charge in [-0.25, -0.2) is 0 Å². The van der Waals surface area contributed by atoms with Crippen LogP contribution in [0.25, 0.3) is 0 Å². The summed E-state index contributed by atoms with van der Waals surface area (Å²) >= 11 is 5.91. The van der Waals surface area contributed by atoms with E-state index in [1.165, 1.54) is 0 Å². The fraction of sp³-hybridized carbons (Fsp3) is 0.462. The Hall–Kier alpha value is -1.06. The minimum absolute atomic E-state index is 0.165. The van der Waals surface area contributed by atoms with E-state index in [0.717, 1.165) is 5.56 Å². The number of halogens is 1. The van der Waals surface area contributed by atoms with Crippen molar-refractivity contribution in [2.45, 2.75) is 13.3 Å². The van der Waals surface area contributed by atoms with Crippen molar-refractivity contribution < 1.29 is 9.53 Å². The van der Waals surface area contributed by atoms with E-state index < -0.39 is 0 Å². The Labute approximate surface area is 107 Å². The van der Waals surface area contributed by atoms with Crippen LogP contribution in [0, 0.1) is 5.92 Å². The third-order valence-electron chi connectivity index (χ3n) is 2.44. The number of benzene rings is 1. The third kappa shape index (κ3) is 4.75. The van der Waals surface area contributed by atoms with Crippen LogP contribution >= 0.6 is 11.6 Å². The van der Waals surface area contributed by atoms with Crippen molar-refractivity contribution in [2.24, 2.45) is 5.92 Å². The molecule has 1 atom stereocenters. The molecule has 1 N–H and O–H groups in total. The first-order valence-electron chi connectivity index (χ1n) is 5.73. The Balaban J connectivity index is 2.69. The molecule has 0 unspecified atom stereocenters. The van der Waals surface area contributed by atoms with Crippen molar-refractivity contribution >= 4 is 17.6 Å². The lowest BCUT2D eigenvalue weighted by atomic mass is 9.99. The summed E-state index contributed by atoms with van der Waals surface area (Å²) in [5, 5.41) is 3.70. The predicted molar refractivity (Wildman–Crippen MR) is 69.2 cm³/mol. The Morgan fingerprint density at radius 3 is 2.88 bits per heavy atom. The summed E-state index contributed by atoms with van der Waals surface area (Å²) in [4.78, 5) is 11.7. The maximum Gasteiger partial charge on any atom is 0.310 e. The summed E-state index contributed by atoms with van der Waals surface area (Å²) in [6.07, 6.45) is 0.639. The molecule has 0 saturated heterocycles. The average Bonchev–Trinajstić information content (AvgIpc) is 2.29. The van der Waals surface area contributed by atoms with E-state index in [-0.39, 0.29) is 11.9 Å². The molecule has 0 aliphatic rings. The number of nitrogens with one attached hydrogen (secondary N) is 1. The van der Waals surface area contributed by atoms with Gasteiger partial charge in [0, 0.05) is 11.6 Å². The van der Waals surface area contributed by atoms with E-state index in [2.05, 4.69) is 5.32 Å². The highest BCUT2D eigenvalue weighted by molar-refractivity contribution is 6.30. The van der Waals surface area contributed by atoms with E-state index in [1.54, 1.807) is 0 Å². The van der Waals surface area contributed by atoms with Crippen LogP contribution in [0.15, 0.2) is 24.3 Å². The molecule has 0 spiro atoms. The molecule has 1 aromatic rings. The zero-order valence-corrected chi connectivity index (χ0v) is 11.0. The number of hydrogen-bond donors (Lipinski definition) is 1. The zero-order chi connectivity index (χ0) is 12.7. The average molecular weight is 256 g/mol. The van der Waals surface area contributed by atoms with Crippen LogP contribution < -0.4 is 5.32 Å². The SMILES string of the molecule is CCOC(=O)[C@@H](CNC)Cc1cccc(Cl)c1. The summed E-state index contributed by atoms with van der Waals surface area (Å²) in [5.74, 6) is -0.333. The van der Waals surface area contributed by atoms with E-state index in [0.29, 0.717) is 24.6 Å². The molecule has 1 rings (SSSR count). The van der Waals surface area contributed by atoms with Gasteiger partial charge in [0.05, 0.1) is 12.5 Å². The number of esters is 1. The Morgan fingerprint density at radius 2 is 2.29 bits per heavy atom. The van der Waals surface area contributed by atoms with Crippen molar-refractivity contribution in [3.05, 3.63) is 34.9 Å². The highest BCUT2D eigenvalue weighted by Gasteiger charge is 2.19. The first kappa shape index (κ1) is 14.0. The molecule has 0 radical (unpaired) electrons. The Bertz CT molecular complexity index is 368. The Morgan fingerprint density at radius 1 is 1.53 bits per heavy atom. The van der Waals surface area contributed by atoms with Gasteiger partial charge in [-0.2, -0.15) is 0 Å². The molecule has 0 bridgehead atoms. The van der Waals surface area contributed by atoms with Crippen LogP contribution in [0.4, 0.5) is 0 Å². The first-order chi connectivity index (χ1) is 8.17. The van der Waals surface area contributed by atoms with Crippen molar-refractivity contribution in [1.82, 2.24) is 5.32 Å². The Kier molecular flexibility index (Phi) is 6.01. The second-order valence-electron chi connectivity index (χ2n) is 3.84. The number of ether oxygens (including phenoxy) is 1. The lowest BCUT2D eigenvalue weighted by Gasteiger charge is -2.15. The maximum absolute atomic E-state index is 11.7. The molecule has 17 heavy (non-hydrogen) atoms. The highest BCUT2D eigenvalue weighted by atomic mass is 35.5. The van der Waals surface area contributed by atoms with Crippen LogP contribution in [0.2, 0.25) is 5.02 Å². The lowest BCUT2D eigenvalue weighted by molar-refractivity contribution is -0.147. The molecule has 0 saturated carbocycles. The standard InChI is InChI=1S/C13H18ClNO2/c1-3-17-13(16)11(9-15-2)7-10-5-4-6-12(14)8-10/h4-6,8,11,15H,3,7,9H2,1-2H3/t11-/m1/s1. The fourth-order valence-electron chi connectivity index (χ4n) is 1.69. The van der Waals surface area contributed by atoms with Gasteiger partial charge in [-0.05, 0) is 38.1 Å². The summed E-state index contributed by atoms with van der Waals surface area (Å²) in [5.41, 5.74) is 1.05. The first-order valence-corrected chi connectivity index (χ1v) is 6.10. The van der Waals surface area contributed by atoms with Gasteiger partial charge in [-0.1, -0.05) is 23.7 Å². The van der Waals surface area contributed by atoms with Gasteiger partial charge in [-0.15, -0.1) is 0 Å². The summed E-state index contributed by atoms with van der Waals surface area (Å²) < 4.78 is 5.05. The van der Waals surface area contributed by atoms with Gasteiger partial charge in [0.1, 0.15) is 0 Å². The molecular weight excluding hydrogens is 238 g/mol. The molecule has 4 heteroatoms. The van der Waals surface area contributed by atoms with E-state index >= 15 is 0 Å². The van der Waals surface area contributed by atoms with Crippen molar-refractivity contribution in [3.63, 3.8) is 0 Å². The van der Waals surface area contributed by atoms with E-state index in [1.807, 2.05) is 38.2 Å². The minimum atomic E-state index is -0.168. The van der Waals surface area contributed by atoms with Crippen LogP contribution in [0.1, 0.15) is 12.5 Å². The van der Waals surface area contributed by atoms with Gasteiger partial charge >= 0.3 is 5.97 Å². The highest BCUT2D eigenvalue weighted by Crippen LogP contribution is 2.15. The molecule has 1 aromatic carbocycles. The van der Waals surface area contributed by atoms with E-state index in [4.69, 9.17) is 16.3 Å². The smallest absolute Gasteiger partial charge is 0.310 e. The van der Waals surface area contributed by atoms with Crippen molar-refractivity contribution in [2.75, 3.05) is 20.2 Å². The lowest BCUT2D eigenvalue weighted by Crippen LogP contribution is -2.29. The zero-order valence-electron chi connectivity index (χ0n) is 10.2. The monoisotopic (exact) mass is 255 g/mol. The second-order valence-corrected chi connectivity index (χ2v) is 4.28. The van der Waals surface area contributed by atoms with Crippen LogP contribution in [0.5, 0.6) is 0 Å². The molecule has 0 fully saturated rings. The molecule has 3 nitrogen and oxygen atoms in total. The second kappa shape index (κ2) is 7.30. The third-order valence-corrected chi connectivity index (χ3v) is 2.68. The quantitative estimate of drug-likeness (QED) is 0.793. The molecule has 0 heterocycles. The molecule has 0 amide bonds. The number of carbonyl (C=O) groups excluding carboxylic acids is 1. The van der Waals surface area contributed by atoms with Crippen LogP contribution in [-0.4, -0.2) is 26.2 Å². The van der Waals surface area contributed by atoms with Gasteiger partial charge in [-0.3, -0.25) is 4.79 Å². The van der Waals surface area contributed by atoms with Gasteiger partial charge < -0.3 is 10.1 Å². The maximum atomic E-state index is 11.7. The summed E-state index contributed by atoms with van der Waals surface area (Å²) in [6, 6.07) is 7.55. The van der Waals surface area contributed by atoms with Crippen LogP contribution in [0.3, 0.4) is 0 Å². The van der Waals surface area contributed by atoms with Gasteiger partial charge in [0.15, 0.2) is 0 Å². The molecule has 0 aliphatic heterocycles. The summed E-state index contributed by atoms with van der Waals surface area (Å²) in [7, 11) is 1.82. The molecular formula is C13H18ClNO2. The van der Waals surface area contributed by atoms with Crippen LogP contribution in [-0.2, 0) is 16.0 Å². The molecule has 0 aromatic heterocycles. The molecule has 0 aliphatic carbocycles. The fourth-order valence-corrected chi connectivity index (χ4v) is 1.91. The molecule has 94 valence electrons.